The van der Waals surface area contributed by atoms with E-state index in [1.807, 2.05) is 0 Å². The molecule has 0 aliphatic carbocycles. The fraction of sp³-hybridized carbons (Fsp3) is 0.938. The van der Waals surface area contributed by atoms with Gasteiger partial charge in [-0.3, -0.25) is 0 Å². The van der Waals surface area contributed by atoms with Crippen molar-refractivity contribution >= 4 is 6.03 Å². The number of rotatable bonds is 14. The van der Waals surface area contributed by atoms with Crippen molar-refractivity contribution in [2.75, 3.05) is 19.6 Å². The number of unbranched alkanes of at least 4 members (excludes halogenated alkanes) is 9. The first-order valence-electron chi connectivity index (χ1n) is 8.53. The smallest absolute Gasteiger partial charge is 0.314 e. The molecule has 0 fully saturated rings. The lowest BCUT2D eigenvalue weighted by Gasteiger charge is -2.07. The van der Waals surface area contributed by atoms with E-state index in [-0.39, 0.29) is 6.03 Å². The number of hydrogen-bond donors (Lipinski definition) is 3. The van der Waals surface area contributed by atoms with Crippen LogP contribution in [0, 0.1) is 0 Å². The molecule has 20 heavy (non-hydrogen) atoms. The average molecular weight is 285 g/mol. The Labute approximate surface area is 125 Å². The molecule has 0 heterocycles. The molecule has 0 radical (unpaired) electrons. The maximum atomic E-state index is 11.3. The minimum atomic E-state index is -0.0608. The van der Waals surface area contributed by atoms with E-state index in [0.29, 0.717) is 13.1 Å². The van der Waals surface area contributed by atoms with Crippen LogP contribution in [-0.2, 0) is 0 Å². The second-order valence-electron chi connectivity index (χ2n) is 5.51. The Bertz CT molecular complexity index is 210. The lowest BCUT2D eigenvalue weighted by Crippen LogP contribution is -2.37. The zero-order valence-corrected chi connectivity index (χ0v) is 13.4. The van der Waals surface area contributed by atoms with Gasteiger partial charge in [-0.25, -0.2) is 4.79 Å². The van der Waals surface area contributed by atoms with Crippen LogP contribution in [0.4, 0.5) is 4.79 Å². The van der Waals surface area contributed by atoms with Gasteiger partial charge < -0.3 is 16.4 Å². The SMILES string of the molecule is CCCCCCCCCCCCNC(=O)NCCCN. The van der Waals surface area contributed by atoms with Crippen LogP contribution in [-0.4, -0.2) is 25.7 Å². The summed E-state index contributed by atoms with van der Waals surface area (Å²) in [5.74, 6) is 0. The quantitative estimate of drug-likeness (QED) is 0.427. The topological polar surface area (TPSA) is 67.2 Å². The van der Waals surface area contributed by atoms with Crippen LogP contribution in [0.5, 0.6) is 0 Å². The van der Waals surface area contributed by atoms with E-state index >= 15 is 0 Å². The molecule has 0 atom stereocenters. The molecule has 4 N–H and O–H groups in total. The van der Waals surface area contributed by atoms with Crippen LogP contribution >= 0.6 is 0 Å². The summed E-state index contributed by atoms with van der Waals surface area (Å²) in [5, 5.41) is 5.66. The first-order valence-corrected chi connectivity index (χ1v) is 8.53. The third kappa shape index (κ3) is 15.3. The van der Waals surface area contributed by atoms with Crippen molar-refractivity contribution in [3.63, 3.8) is 0 Å². The van der Waals surface area contributed by atoms with Crippen LogP contribution in [0.1, 0.15) is 77.6 Å². The average Bonchev–Trinajstić information content (AvgIpc) is 2.45. The van der Waals surface area contributed by atoms with E-state index in [2.05, 4.69) is 17.6 Å². The van der Waals surface area contributed by atoms with Gasteiger partial charge in [-0.2, -0.15) is 0 Å². The predicted octanol–water partition coefficient (Wildman–Crippen LogP) is 3.56. The summed E-state index contributed by atoms with van der Waals surface area (Å²) in [4.78, 5) is 11.3. The molecule has 0 aliphatic rings. The van der Waals surface area contributed by atoms with Crippen molar-refractivity contribution in [1.82, 2.24) is 10.6 Å². The molecular formula is C16H35N3O. The zero-order valence-electron chi connectivity index (χ0n) is 13.4. The van der Waals surface area contributed by atoms with Gasteiger partial charge in [0, 0.05) is 13.1 Å². The molecule has 0 aliphatic heterocycles. The van der Waals surface area contributed by atoms with Gasteiger partial charge in [-0.15, -0.1) is 0 Å². The highest BCUT2D eigenvalue weighted by Gasteiger charge is 1.97. The summed E-state index contributed by atoms with van der Waals surface area (Å²) in [6, 6.07) is -0.0608. The van der Waals surface area contributed by atoms with Gasteiger partial charge in [0.05, 0.1) is 0 Å². The molecule has 0 saturated heterocycles. The lowest BCUT2D eigenvalue weighted by molar-refractivity contribution is 0.240. The molecule has 0 aromatic carbocycles. The molecule has 0 spiro atoms. The van der Waals surface area contributed by atoms with Gasteiger partial charge in [0.1, 0.15) is 0 Å². The van der Waals surface area contributed by atoms with Crippen LogP contribution in [0.25, 0.3) is 0 Å². The van der Waals surface area contributed by atoms with Crippen molar-refractivity contribution in [2.24, 2.45) is 5.73 Å². The summed E-state index contributed by atoms with van der Waals surface area (Å²) < 4.78 is 0. The molecule has 0 aromatic heterocycles. The van der Waals surface area contributed by atoms with Gasteiger partial charge in [-0.1, -0.05) is 64.7 Å². The highest BCUT2D eigenvalue weighted by molar-refractivity contribution is 5.73. The maximum Gasteiger partial charge on any atom is 0.314 e. The van der Waals surface area contributed by atoms with Gasteiger partial charge in [0.25, 0.3) is 0 Å². The van der Waals surface area contributed by atoms with E-state index in [9.17, 15) is 4.79 Å². The molecule has 120 valence electrons. The number of carbonyl (C=O) groups is 1. The van der Waals surface area contributed by atoms with Gasteiger partial charge >= 0.3 is 6.03 Å². The fourth-order valence-electron chi connectivity index (χ4n) is 2.18. The largest absolute Gasteiger partial charge is 0.338 e. The highest BCUT2D eigenvalue weighted by atomic mass is 16.2. The van der Waals surface area contributed by atoms with E-state index in [4.69, 9.17) is 5.73 Å². The maximum absolute atomic E-state index is 11.3. The number of nitrogens with two attached hydrogens (primary N) is 1. The third-order valence-electron chi connectivity index (χ3n) is 3.48. The Morgan fingerprint density at radius 3 is 1.70 bits per heavy atom. The standard InChI is InChI=1S/C16H35N3O/c1-2-3-4-5-6-7-8-9-10-11-14-18-16(20)19-15-12-13-17/h2-15,17H2,1H3,(H2,18,19,20). The minimum absolute atomic E-state index is 0.0608. The van der Waals surface area contributed by atoms with Gasteiger partial charge in [-0.05, 0) is 19.4 Å². The minimum Gasteiger partial charge on any atom is -0.338 e. The van der Waals surface area contributed by atoms with Crippen molar-refractivity contribution in [1.29, 1.82) is 0 Å². The number of hydrogen-bond acceptors (Lipinski definition) is 2. The first kappa shape index (κ1) is 19.2. The number of amides is 2. The molecule has 0 saturated carbocycles. The number of nitrogens with one attached hydrogen (secondary N) is 2. The van der Waals surface area contributed by atoms with Crippen LogP contribution in [0.2, 0.25) is 0 Å². The third-order valence-corrected chi connectivity index (χ3v) is 3.48. The van der Waals surface area contributed by atoms with Crippen molar-refractivity contribution in [3.05, 3.63) is 0 Å². The predicted molar refractivity (Wildman–Crippen MR) is 86.9 cm³/mol. The monoisotopic (exact) mass is 285 g/mol. The van der Waals surface area contributed by atoms with E-state index in [1.165, 1.54) is 57.8 Å². The Kier molecular flexibility index (Phi) is 15.7. The second kappa shape index (κ2) is 16.3. The molecular weight excluding hydrogens is 250 g/mol. The van der Waals surface area contributed by atoms with Crippen LogP contribution < -0.4 is 16.4 Å². The molecule has 4 heteroatoms. The molecule has 0 aromatic rings. The summed E-state index contributed by atoms with van der Waals surface area (Å²) in [5.41, 5.74) is 5.36. The Balaban J connectivity index is 3.07. The van der Waals surface area contributed by atoms with E-state index < -0.39 is 0 Å². The van der Waals surface area contributed by atoms with Crippen LogP contribution in [0.3, 0.4) is 0 Å². The zero-order chi connectivity index (χ0) is 14.9. The van der Waals surface area contributed by atoms with Crippen LogP contribution in [0.15, 0.2) is 0 Å². The molecule has 0 rings (SSSR count). The van der Waals surface area contributed by atoms with Gasteiger partial charge in [0.15, 0.2) is 0 Å². The Hall–Kier alpha value is -0.770. The summed E-state index contributed by atoms with van der Waals surface area (Å²) in [7, 11) is 0. The molecule has 0 bridgehead atoms. The highest BCUT2D eigenvalue weighted by Crippen LogP contribution is 2.10. The summed E-state index contributed by atoms with van der Waals surface area (Å²) in [6.07, 6.45) is 14.1. The molecule has 4 nitrogen and oxygen atoms in total. The van der Waals surface area contributed by atoms with Crippen molar-refractivity contribution in [2.45, 2.75) is 77.6 Å². The summed E-state index contributed by atoms with van der Waals surface area (Å²) in [6.45, 7) is 4.33. The van der Waals surface area contributed by atoms with E-state index in [1.54, 1.807) is 0 Å². The number of carbonyl (C=O) groups excluding carboxylic acids is 1. The van der Waals surface area contributed by atoms with Gasteiger partial charge in [0.2, 0.25) is 0 Å². The normalized spacial score (nSPS) is 10.5. The Morgan fingerprint density at radius 1 is 0.750 bits per heavy atom. The molecule has 2 amide bonds. The first-order chi connectivity index (χ1) is 9.81. The number of urea groups is 1. The lowest BCUT2D eigenvalue weighted by atomic mass is 10.1. The summed E-state index contributed by atoms with van der Waals surface area (Å²) >= 11 is 0. The van der Waals surface area contributed by atoms with Crippen molar-refractivity contribution in [3.8, 4) is 0 Å². The van der Waals surface area contributed by atoms with E-state index in [0.717, 1.165) is 19.4 Å². The fourth-order valence-corrected chi connectivity index (χ4v) is 2.18. The Morgan fingerprint density at radius 2 is 1.20 bits per heavy atom. The second-order valence-corrected chi connectivity index (χ2v) is 5.51. The molecule has 0 unspecified atom stereocenters. The van der Waals surface area contributed by atoms with Crippen molar-refractivity contribution < 1.29 is 4.79 Å².